The van der Waals surface area contributed by atoms with Crippen LogP contribution in [0.15, 0.2) is 59.1 Å². The third-order valence-corrected chi connectivity index (χ3v) is 6.13. The zero-order chi connectivity index (χ0) is 23.4. The number of fused-ring (bicyclic) bond motifs is 1. The number of amides is 1. The van der Waals surface area contributed by atoms with Gasteiger partial charge in [-0.1, -0.05) is 37.1 Å². The summed E-state index contributed by atoms with van der Waals surface area (Å²) in [6, 6.07) is 16.9. The van der Waals surface area contributed by atoms with Crippen LogP contribution in [0.4, 0.5) is 5.69 Å². The normalized spacial score (nSPS) is 11.0. The molecule has 0 spiro atoms. The van der Waals surface area contributed by atoms with Crippen molar-refractivity contribution >= 4 is 50.2 Å². The summed E-state index contributed by atoms with van der Waals surface area (Å²) >= 11 is 9.87. The van der Waals surface area contributed by atoms with Crippen LogP contribution in [0.5, 0.6) is 5.75 Å². The lowest BCUT2D eigenvalue weighted by Gasteiger charge is -2.09. The second-order valence-electron chi connectivity index (χ2n) is 7.61. The minimum atomic E-state index is -0.282. The molecule has 4 aromatic rings. The van der Waals surface area contributed by atoms with E-state index in [1.165, 1.54) is 18.4 Å². The highest BCUT2D eigenvalue weighted by Gasteiger charge is 2.14. The van der Waals surface area contributed by atoms with Crippen molar-refractivity contribution in [3.05, 3.63) is 75.2 Å². The molecular formula is C25H24BrClN4O2. The zero-order valence-corrected chi connectivity index (χ0v) is 20.8. The van der Waals surface area contributed by atoms with E-state index >= 15 is 0 Å². The van der Waals surface area contributed by atoms with Gasteiger partial charge in [-0.05, 0) is 83.7 Å². The minimum Gasteiger partial charge on any atom is -0.493 e. The van der Waals surface area contributed by atoms with Crippen molar-refractivity contribution in [2.75, 3.05) is 11.9 Å². The number of rotatable bonds is 8. The molecule has 1 aromatic heterocycles. The van der Waals surface area contributed by atoms with Gasteiger partial charge in [0.25, 0.3) is 5.91 Å². The van der Waals surface area contributed by atoms with Crippen LogP contribution in [0.25, 0.3) is 16.7 Å². The van der Waals surface area contributed by atoms with E-state index in [-0.39, 0.29) is 5.91 Å². The number of hydrogen-bond donors (Lipinski definition) is 1. The maximum atomic E-state index is 12.8. The van der Waals surface area contributed by atoms with E-state index in [2.05, 4.69) is 50.5 Å². The fourth-order valence-electron chi connectivity index (χ4n) is 3.44. The molecular weight excluding hydrogens is 504 g/mol. The monoisotopic (exact) mass is 526 g/mol. The van der Waals surface area contributed by atoms with Gasteiger partial charge in [0.15, 0.2) is 0 Å². The number of benzene rings is 3. The molecule has 0 radical (unpaired) electrons. The van der Waals surface area contributed by atoms with Crippen molar-refractivity contribution in [1.82, 2.24) is 15.0 Å². The quantitative estimate of drug-likeness (QED) is 0.273. The Balaban J connectivity index is 1.55. The van der Waals surface area contributed by atoms with Gasteiger partial charge in [-0.3, -0.25) is 4.79 Å². The van der Waals surface area contributed by atoms with Gasteiger partial charge < -0.3 is 10.1 Å². The lowest BCUT2D eigenvalue weighted by atomic mass is 10.1. The van der Waals surface area contributed by atoms with Crippen molar-refractivity contribution in [2.45, 2.75) is 33.1 Å². The van der Waals surface area contributed by atoms with Gasteiger partial charge in [0.05, 0.1) is 27.5 Å². The summed E-state index contributed by atoms with van der Waals surface area (Å²) in [5.74, 6) is 0.401. The standard InChI is InChI=1S/C25H24BrClN4O2/c1-3-5-6-16-7-10-18(11-8-16)31-29-22-14-20(27)21(15-23(22)30-31)28-25(32)17-9-12-24(33-4-2)19(26)13-17/h7-15H,3-6H2,1-2H3,(H,28,32). The number of carbonyl (C=O) groups excluding carboxylic acids is 1. The lowest BCUT2D eigenvalue weighted by Crippen LogP contribution is -2.12. The highest BCUT2D eigenvalue weighted by atomic mass is 79.9. The number of aryl methyl sites for hydroxylation is 1. The van der Waals surface area contributed by atoms with Crippen LogP contribution < -0.4 is 10.1 Å². The van der Waals surface area contributed by atoms with E-state index in [1.807, 2.05) is 19.1 Å². The van der Waals surface area contributed by atoms with Crippen LogP contribution in [0, 0.1) is 0 Å². The summed E-state index contributed by atoms with van der Waals surface area (Å²) in [5.41, 5.74) is 4.41. The largest absolute Gasteiger partial charge is 0.493 e. The van der Waals surface area contributed by atoms with E-state index in [0.29, 0.717) is 44.1 Å². The number of nitrogens with zero attached hydrogens (tertiary/aromatic N) is 3. The second-order valence-corrected chi connectivity index (χ2v) is 8.87. The average molecular weight is 528 g/mol. The molecule has 0 saturated carbocycles. The molecule has 3 aromatic carbocycles. The number of ether oxygens (including phenoxy) is 1. The first-order valence-corrected chi connectivity index (χ1v) is 12.0. The van der Waals surface area contributed by atoms with Gasteiger partial charge in [-0.2, -0.15) is 4.80 Å². The van der Waals surface area contributed by atoms with Crippen LogP contribution in [-0.4, -0.2) is 27.5 Å². The molecule has 4 rings (SSSR count). The van der Waals surface area contributed by atoms with Crippen LogP contribution in [0.3, 0.4) is 0 Å². The maximum absolute atomic E-state index is 12.8. The molecule has 0 saturated heterocycles. The fourth-order valence-corrected chi connectivity index (χ4v) is 4.13. The predicted molar refractivity (Wildman–Crippen MR) is 136 cm³/mol. The number of aromatic nitrogens is 3. The van der Waals surface area contributed by atoms with E-state index < -0.39 is 0 Å². The molecule has 8 heteroatoms. The number of carbonyl (C=O) groups is 1. The van der Waals surface area contributed by atoms with Gasteiger partial charge in [0, 0.05) is 5.56 Å². The summed E-state index contributed by atoms with van der Waals surface area (Å²) in [7, 11) is 0. The Labute approximate surface area is 206 Å². The van der Waals surface area contributed by atoms with E-state index in [0.717, 1.165) is 12.1 Å². The Morgan fingerprint density at radius 3 is 2.45 bits per heavy atom. The smallest absolute Gasteiger partial charge is 0.255 e. The summed E-state index contributed by atoms with van der Waals surface area (Å²) in [5, 5.41) is 12.4. The minimum absolute atomic E-state index is 0.282. The van der Waals surface area contributed by atoms with Crippen molar-refractivity contribution < 1.29 is 9.53 Å². The van der Waals surface area contributed by atoms with Crippen molar-refractivity contribution in [2.24, 2.45) is 0 Å². The van der Waals surface area contributed by atoms with Crippen molar-refractivity contribution in [1.29, 1.82) is 0 Å². The lowest BCUT2D eigenvalue weighted by molar-refractivity contribution is 0.102. The van der Waals surface area contributed by atoms with Gasteiger partial charge in [0.1, 0.15) is 16.8 Å². The van der Waals surface area contributed by atoms with Gasteiger partial charge >= 0.3 is 0 Å². The summed E-state index contributed by atoms with van der Waals surface area (Å²) in [6.45, 7) is 4.64. The van der Waals surface area contributed by atoms with Gasteiger partial charge in [-0.15, -0.1) is 10.2 Å². The first kappa shape index (κ1) is 23.3. The molecule has 0 unspecified atom stereocenters. The van der Waals surface area contributed by atoms with Gasteiger partial charge in [-0.25, -0.2) is 0 Å². The first-order chi connectivity index (χ1) is 16.0. The molecule has 170 valence electrons. The Morgan fingerprint density at radius 2 is 1.79 bits per heavy atom. The molecule has 1 amide bonds. The van der Waals surface area contributed by atoms with Gasteiger partial charge in [0.2, 0.25) is 0 Å². The summed E-state index contributed by atoms with van der Waals surface area (Å²) in [6.07, 6.45) is 3.40. The van der Waals surface area contributed by atoms with Crippen LogP contribution in [0.1, 0.15) is 42.6 Å². The number of unbranched alkanes of at least 4 members (excludes halogenated alkanes) is 1. The molecule has 0 aliphatic carbocycles. The topological polar surface area (TPSA) is 69.0 Å². The third kappa shape index (κ3) is 5.37. The van der Waals surface area contributed by atoms with E-state index in [9.17, 15) is 4.79 Å². The molecule has 0 atom stereocenters. The highest BCUT2D eigenvalue weighted by molar-refractivity contribution is 9.10. The molecule has 1 heterocycles. The maximum Gasteiger partial charge on any atom is 0.255 e. The van der Waals surface area contributed by atoms with Crippen molar-refractivity contribution in [3.63, 3.8) is 0 Å². The number of hydrogen-bond acceptors (Lipinski definition) is 4. The number of nitrogens with one attached hydrogen (secondary N) is 1. The molecule has 0 bridgehead atoms. The Morgan fingerprint density at radius 1 is 1.06 bits per heavy atom. The van der Waals surface area contributed by atoms with Crippen molar-refractivity contribution in [3.8, 4) is 11.4 Å². The predicted octanol–water partition coefficient (Wildman–Crippen LogP) is 6.83. The number of anilines is 1. The van der Waals surface area contributed by atoms with Crippen LogP contribution in [0.2, 0.25) is 5.02 Å². The third-order valence-electron chi connectivity index (χ3n) is 5.20. The van der Waals surface area contributed by atoms with E-state index in [4.69, 9.17) is 16.3 Å². The molecule has 0 fully saturated rings. The highest BCUT2D eigenvalue weighted by Crippen LogP contribution is 2.29. The average Bonchev–Trinajstić information content (AvgIpc) is 3.22. The second kappa shape index (κ2) is 10.4. The summed E-state index contributed by atoms with van der Waals surface area (Å²) in [4.78, 5) is 14.4. The SMILES string of the molecule is CCCCc1ccc(-n2nc3cc(Cl)c(NC(=O)c4ccc(OCC)c(Br)c4)cc3n2)cc1. The Hall–Kier alpha value is -2.90. The Kier molecular flexibility index (Phi) is 7.30. The van der Waals surface area contributed by atoms with E-state index in [1.54, 1.807) is 35.1 Å². The molecule has 33 heavy (non-hydrogen) atoms. The van der Waals surface area contributed by atoms with Crippen LogP contribution in [-0.2, 0) is 6.42 Å². The molecule has 0 aliphatic rings. The number of halogens is 2. The molecule has 0 aliphatic heterocycles. The van der Waals surface area contributed by atoms with Crippen LogP contribution >= 0.6 is 27.5 Å². The Bertz CT molecular complexity index is 1290. The first-order valence-electron chi connectivity index (χ1n) is 10.9. The fraction of sp³-hybridized carbons (Fsp3) is 0.240. The molecule has 1 N–H and O–H groups in total. The zero-order valence-electron chi connectivity index (χ0n) is 18.4. The molecule has 6 nitrogen and oxygen atoms in total. The summed E-state index contributed by atoms with van der Waals surface area (Å²) < 4.78 is 6.21.